The maximum atomic E-state index is 10.4. The summed E-state index contributed by atoms with van der Waals surface area (Å²) in [7, 11) is 0. The largest absolute Gasteiger partial charge is 0.475 e. The lowest BCUT2D eigenvalue weighted by atomic mass is 10.3. The van der Waals surface area contributed by atoms with Crippen LogP contribution in [0, 0.1) is 0 Å². The van der Waals surface area contributed by atoms with Gasteiger partial charge < -0.3 is 14.9 Å². The van der Waals surface area contributed by atoms with Gasteiger partial charge in [0.05, 0.1) is 19.8 Å². The third-order valence-electron chi connectivity index (χ3n) is 0.948. The fraction of sp³-hybridized carbons (Fsp3) is 0.667. The van der Waals surface area contributed by atoms with Gasteiger partial charge in [0.15, 0.2) is 0 Å². The van der Waals surface area contributed by atoms with Crippen LogP contribution in [0.1, 0.15) is 6.42 Å². The number of carbonyl (C=O) groups excluding carboxylic acids is 1. The molecule has 0 amide bonds. The standard InChI is InChI=1S/C6H10O5/c7-2-4-11-3-1-5(8)6(9)10/h7H,1-4H2,(H,9,10). The van der Waals surface area contributed by atoms with Gasteiger partial charge in [-0.3, -0.25) is 4.79 Å². The molecule has 0 aromatic carbocycles. The number of carboxylic acids is 1. The highest BCUT2D eigenvalue weighted by Gasteiger charge is 2.09. The molecule has 0 unspecified atom stereocenters. The molecule has 0 atom stereocenters. The van der Waals surface area contributed by atoms with Crippen LogP contribution in [-0.2, 0) is 14.3 Å². The summed E-state index contributed by atoms with van der Waals surface area (Å²) in [5.74, 6) is -2.32. The first-order valence-electron chi connectivity index (χ1n) is 3.13. The van der Waals surface area contributed by atoms with Crippen LogP contribution < -0.4 is 0 Å². The van der Waals surface area contributed by atoms with Crippen molar-refractivity contribution in [2.75, 3.05) is 19.8 Å². The average molecular weight is 162 g/mol. The van der Waals surface area contributed by atoms with Gasteiger partial charge in [0.2, 0.25) is 5.78 Å². The number of aliphatic hydroxyl groups is 1. The van der Waals surface area contributed by atoms with E-state index in [0.29, 0.717) is 0 Å². The molecule has 5 nitrogen and oxygen atoms in total. The van der Waals surface area contributed by atoms with Gasteiger partial charge in [-0.05, 0) is 0 Å². The Morgan fingerprint density at radius 2 is 1.91 bits per heavy atom. The zero-order valence-electron chi connectivity index (χ0n) is 5.95. The molecule has 11 heavy (non-hydrogen) atoms. The third kappa shape index (κ3) is 5.50. The van der Waals surface area contributed by atoms with E-state index in [4.69, 9.17) is 10.2 Å². The van der Waals surface area contributed by atoms with E-state index in [1.165, 1.54) is 0 Å². The minimum atomic E-state index is -1.45. The van der Waals surface area contributed by atoms with E-state index in [0.717, 1.165) is 0 Å². The Morgan fingerprint density at radius 1 is 1.27 bits per heavy atom. The molecule has 5 heteroatoms. The second-order valence-electron chi connectivity index (χ2n) is 1.81. The molecule has 0 aliphatic heterocycles. The van der Waals surface area contributed by atoms with Crippen molar-refractivity contribution in [2.45, 2.75) is 6.42 Å². The van der Waals surface area contributed by atoms with Crippen LogP contribution in [0.5, 0.6) is 0 Å². The van der Waals surface area contributed by atoms with Crippen molar-refractivity contribution in [1.82, 2.24) is 0 Å². The van der Waals surface area contributed by atoms with E-state index >= 15 is 0 Å². The number of rotatable bonds is 6. The van der Waals surface area contributed by atoms with Crippen molar-refractivity contribution in [3.63, 3.8) is 0 Å². The van der Waals surface area contributed by atoms with Gasteiger partial charge in [0.25, 0.3) is 0 Å². The second kappa shape index (κ2) is 5.82. The molecule has 0 fully saturated rings. The van der Waals surface area contributed by atoms with E-state index in [1.807, 2.05) is 0 Å². The predicted octanol–water partition coefficient (Wildman–Crippen LogP) is -0.961. The van der Waals surface area contributed by atoms with E-state index in [-0.39, 0.29) is 26.2 Å². The van der Waals surface area contributed by atoms with E-state index in [2.05, 4.69) is 4.74 Å². The minimum absolute atomic E-state index is 0.0473. The SMILES string of the molecule is O=C(O)C(=O)CCOCCO. The van der Waals surface area contributed by atoms with Crippen molar-refractivity contribution < 1.29 is 24.5 Å². The summed E-state index contributed by atoms with van der Waals surface area (Å²) in [5.41, 5.74) is 0. The zero-order chi connectivity index (χ0) is 8.69. The summed E-state index contributed by atoms with van der Waals surface area (Å²) in [6, 6.07) is 0. The minimum Gasteiger partial charge on any atom is -0.475 e. The molecule has 0 saturated carbocycles. The van der Waals surface area contributed by atoms with E-state index < -0.39 is 11.8 Å². The number of hydrogen-bond acceptors (Lipinski definition) is 4. The number of hydrogen-bond donors (Lipinski definition) is 2. The maximum absolute atomic E-state index is 10.4. The summed E-state index contributed by atoms with van der Waals surface area (Å²) >= 11 is 0. The van der Waals surface area contributed by atoms with Gasteiger partial charge in [-0.2, -0.15) is 0 Å². The van der Waals surface area contributed by atoms with Gasteiger partial charge >= 0.3 is 5.97 Å². The van der Waals surface area contributed by atoms with Gasteiger partial charge in [-0.15, -0.1) is 0 Å². The fourth-order valence-corrected chi connectivity index (χ4v) is 0.438. The Morgan fingerprint density at radius 3 is 2.36 bits per heavy atom. The number of aliphatic hydroxyl groups excluding tert-OH is 1. The van der Waals surface area contributed by atoms with Crippen LogP contribution in [0.25, 0.3) is 0 Å². The first-order valence-corrected chi connectivity index (χ1v) is 3.13. The molecule has 0 aromatic heterocycles. The molecule has 0 radical (unpaired) electrons. The van der Waals surface area contributed by atoms with Crippen LogP contribution in [-0.4, -0.2) is 41.8 Å². The zero-order valence-corrected chi connectivity index (χ0v) is 5.95. The Bertz CT molecular complexity index is 142. The monoisotopic (exact) mass is 162 g/mol. The topological polar surface area (TPSA) is 83.8 Å². The summed E-state index contributed by atoms with van der Waals surface area (Å²) < 4.78 is 4.67. The molecular formula is C6H10O5. The van der Waals surface area contributed by atoms with E-state index in [9.17, 15) is 9.59 Å². The maximum Gasteiger partial charge on any atom is 0.372 e. The quantitative estimate of drug-likeness (QED) is 0.388. The number of Topliss-reactive ketones (excluding diaryl/α,β-unsaturated/α-hetero) is 1. The van der Waals surface area contributed by atoms with Crippen molar-refractivity contribution in [1.29, 1.82) is 0 Å². The summed E-state index contributed by atoms with van der Waals surface area (Å²) in [6.07, 6.45) is -0.144. The van der Waals surface area contributed by atoms with Crippen molar-refractivity contribution in [3.05, 3.63) is 0 Å². The fourth-order valence-electron chi connectivity index (χ4n) is 0.438. The highest BCUT2D eigenvalue weighted by molar-refractivity contribution is 6.32. The summed E-state index contributed by atoms with van der Waals surface area (Å²) in [6.45, 7) is 0.0554. The second-order valence-corrected chi connectivity index (χ2v) is 1.81. The van der Waals surface area contributed by atoms with Gasteiger partial charge in [-0.1, -0.05) is 0 Å². The average Bonchev–Trinajstić information content (AvgIpc) is 1.97. The molecule has 0 heterocycles. The normalized spacial score (nSPS) is 9.55. The number of ether oxygens (including phenoxy) is 1. The van der Waals surface area contributed by atoms with Crippen LogP contribution in [0.3, 0.4) is 0 Å². The molecule has 0 bridgehead atoms. The molecule has 0 aromatic rings. The van der Waals surface area contributed by atoms with Crippen LogP contribution in [0.15, 0.2) is 0 Å². The van der Waals surface area contributed by atoms with Crippen LogP contribution in [0.4, 0.5) is 0 Å². The summed E-state index contributed by atoms with van der Waals surface area (Å²) in [5, 5.41) is 16.3. The van der Waals surface area contributed by atoms with Crippen LogP contribution >= 0.6 is 0 Å². The third-order valence-corrected chi connectivity index (χ3v) is 0.948. The first-order chi connectivity index (χ1) is 5.18. The Labute approximate surface area is 63.6 Å². The molecule has 0 aliphatic carbocycles. The van der Waals surface area contributed by atoms with Gasteiger partial charge in [-0.25, -0.2) is 4.79 Å². The Hall–Kier alpha value is -0.940. The smallest absolute Gasteiger partial charge is 0.372 e. The highest BCUT2D eigenvalue weighted by atomic mass is 16.5. The molecule has 0 aliphatic rings. The lowest BCUT2D eigenvalue weighted by molar-refractivity contribution is -0.149. The molecular weight excluding hydrogens is 152 g/mol. The van der Waals surface area contributed by atoms with Crippen molar-refractivity contribution in [2.24, 2.45) is 0 Å². The lowest BCUT2D eigenvalue weighted by Gasteiger charge is -1.97. The number of carboxylic acid groups (broad SMARTS) is 1. The van der Waals surface area contributed by atoms with Gasteiger partial charge in [0, 0.05) is 6.42 Å². The number of carbonyl (C=O) groups is 2. The Balaban J connectivity index is 3.25. The molecule has 0 spiro atoms. The Kier molecular flexibility index (Phi) is 5.32. The van der Waals surface area contributed by atoms with Crippen molar-refractivity contribution >= 4 is 11.8 Å². The highest BCUT2D eigenvalue weighted by Crippen LogP contribution is 1.85. The predicted molar refractivity (Wildman–Crippen MR) is 35.2 cm³/mol. The van der Waals surface area contributed by atoms with E-state index in [1.54, 1.807) is 0 Å². The van der Waals surface area contributed by atoms with Crippen molar-refractivity contribution in [3.8, 4) is 0 Å². The summed E-state index contributed by atoms with van der Waals surface area (Å²) in [4.78, 5) is 20.3. The molecule has 64 valence electrons. The van der Waals surface area contributed by atoms with Crippen LogP contribution in [0.2, 0.25) is 0 Å². The molecule has 0 rings (SSSR count). The first kappa shape index (κ1) is 10.1. The molecule has 0 saturated heterocycles. The number of ketones is 1. The number of aliphatic carboxylic acids is 1. The van der Waals surface area contributed by atoms with Gasteiger partial charge in [0.1, 0.15) is 0 Å². The molecule has 2 N–H and O–H groups in total. The lowest BCUT2D eigenvalue weighted by Crippen LogP contribution is -2.15.